The molecule has 0 radical (unpaired) electrons. The Bertz CT molecular complexity index is 531. The fraction of sp³-hybridized carbons (Fsp3) is 0.385. The van der Waals surface area contributed by atoms with E-state index in [4.69, 9.17) is 0 Å². The van der Waals surface area contributed by atoms with Crippen LogP contribution in [0, 0.1) is 13.8 Å². The van der Waals surface area contributed by atoms with E-state index in [0.29, 0.717) is 0 Å². The molecule has 1 aromatic heterocycles. The first-order valence-corrected chi connectivity index (χ1v) is 6.85. The van der Waals surface area contributed by atoms with Crippen LogP contribution < -0.4 is 0 Å². The smallest absolute Gasteiger partial charge is 0.164 e. The molecule has 1 heterocycles. The maximum absolute atomic E-state index is 4.31. The van der Waals surface area contributed by atoms with E-state index < -0.39 is 0 Å². The fourth-order valence-electron chi connectivity index (χ4n) is 1.96. The summed E-state index contributed by atoms with van der Waals surface area (Å²) in [6.07, 6.45) is 0. The number of hydrogen-bond donors (Lipinski definition) is 0. The highest BCUT2D eigenvalue weighted by Gasteiger charge is 2.13. The monoisotopic (exact) mass is 293 g/mol. The van der Waals surface area contributed by atoms with Gasteiger partial charge in [0.15, 0.2) is 5.82 Å². The van der Waals surface area contributed by atoms with Crippen molar-refractivity contribution in [1.29, 1.82) is 0 Å². The maximum Gasteiger partial charge on any atom is 0.164 e. The van der Waals surface area contributed by atoms with Crippen molar-refractivity contribution in [2.24, 2.45) is 0 Å². The number of alkyl halides is 1. The molecule has 0 bridgehead atoms. The van der Waals surface area contributed by atoms with E-state index in [1.165, 1.54) is 16.7 Å². The van der Waals surface area contributed by atoms with Crippen LogP contribution in [0.25, 0.3) is 11.4 Å². The zero-order valence-corrected chi connectivity index (χ0v) is 12.0. The standard InChI is InChI=1S/C13H16BrN3/c1-4-17-12(8-14)15-16-13(17)11-7-5-6-9(2)10(11)3/h5-7H,4,8H2,1-3H3. The highest BCUT2D eigenvalue weighted by Crippen LogP contribution is 2.25. The third kappa shape index (κ3) is 2.14. The minimum atomic E-state index is 0.735. The van der Waals surface area contributed by atoms with Crippen molar-refractivity contribution in [3.8, 4) is 11.4 Å². The molecule has 0 unspecified atom stereocenters. The number of hydrogen-bond acceptors (Lipinski definition) is 2. The summed E-state index contributed by atoms with van der Waals surface area (Å²) in [5.41, 5.74) is 3.73. The van der Waals surface area contributed by atoms with E-state index in [1.807, 2.05) is 0 Å². The SMILES string of the molecule is CCn1c(CBr)nnc1-c1cccc(C)c1C. The van der Waals surface area contributed by atoms with Gasteiger partial charge in [-0.3, -0.25) is 0 Å². The van der Waals surface area contributed by atoms with Crippen molar-refractivity contribution >= 4 is 15.9 Å². The van der Waals surface area contributed by atoms with Gasteiger partial charge in [0.05, 0.1) is 5.33 Å². The number of rotatable bonds is 3. The first-order chi connectivity index (χ1) is 8.19. The molecule has 0 saturated carbocycles. The van der Waals surface area contributed by atoms with Crippen molar-refractivity contribution in [2.75, 3.05) is 0 Å². The zero-order chi connectivity index (χ0) is 12.4. The van der Waals surface area contributed by atoms with Gasteiger partial charge in [0.25, 0.3) is 0 Å². The molecule has 3 nitrogen and oxygen atoms in total. The molecule has 0 fully saturated rings. The summed E-state index contributed by atoms with van der Waals surface area (Å²) in [4.78, 5) is 0. The Morgan fingerprint density at radius 1 is 1.24 bits per heavy atom. The second kappa shape index (κ2) is 5.00. The summed E-state index contributed by atoms with van der Waals surface area (Å²) in [6, 6.07) is 6.30. The summed E-state index contributed by atoms with van der Waals surface area (Å²) in [5.74, 6) is 1.94. The Morgan fingerprint density at radius 3 is 2.65 bits per heavy atom. The lowest BCUT2D eigenvalue weighted by Gasteiger charge is -2.10. The van der Waals surface area contributed by atoms with Crippen LogP contribution in [0.15, 0.2) is 18.2 Å². The van der Waals surface area contributed by atoms with Gasteiger partial charge in [0, 0.05) is 12.1 Å². The number of benzene rings is 1. The molecular formula is C13H16BrN3. The Labute approximate surface area is 110 Å². The maximum atomic E-state index is 4.31. The molecule has 90 valence electrons. The van der Waals surface area contributed by atoms with Gasteiger partial charge in [-0.15, -0.1) is 10.2 Å². The largest absolute Gasteiger partial charge is 0.311 e. The molecular weight excluding hydrogens is 278 g/mol. The molecule has 0 aliphatic carbocycles. The summed E-state index contributed by atoms with van der Waals surface area (Å²) >= 11 is 3.44. The predicted molar refractivity (Wildman–Crippen MR) is 73.2 cm³/mol. The summed E-state index contributed by atoms with van der Waals surface area (Å²) in [6.45, 7) is 7.25. The van der Waals surface area contributed by atoms with Crippen LogP contribution in [0.2, 0.25) is 0 Å². The second-order valence-electron chi connectivity index (χ2n) is 4.07. The quantitative estimate of drug-likeness (QED) is 0.811. The lowest BCUT2D eigenvalue weighted by Crippen LogP contribution is -2.03. The average Bonchev–Trinajstić information content (AvgIpc) is 2.75. The number of nitrogens with zero attached hydrogens (tertiary/aromatic N) is 3. The first-order valence-electron chi connectivity index (χ1n) is 5.73. The van der Waals surface area contributed by atoms with Gasteiger partial charge in [-0.25, -0.2) is 0 Å². The van der Waals surface area contributed by atoms with Gasteiger partial charge in [-0.2, -0.15) is 0 Å². The third-order valence-corrected chi connectivity index (χ3v) is 3.61. The highest BCUT2D eigenvalue weighted by atomic mass is 79.9. The van der Waals surface area contributed by atoms with E-state index in [2.05, 4.69) is 69.7 Å². The minimum absolute atomic E-state index is 0.735. The van der Waals surface area contributed by atoms with Crippen LogP contribution >= 0.6 is 15.9 Å². The Hall–Kier alpha value is -1.16. The zero-order valence-electron chi connectivity index (χ0n) is 10.4. The van der Waals surface area contributed by atoms with Gasteiger partial charge < -0.3 is 4.57 Å². The number of aromatic nitrogens is 3. The van der Waals surface area contributed by atoms with Crippen LogP contribution in [-0.2, 0) is 11.9 Å². The molecule has 2 aromatic rings. The fourth-order valence-corrected chi connectivity index (χ4v) is 2.37. The molecule has 17 heavy (non-hydrogen) atoms. The van der Waals surface area contributed by atoms with Crippen molar-refractivity contribution in [3.05, 3.63) is 35.2 Å². The number of aryl methyl sites for hydroxylation is 1. The van der Waals surface area contributed by atoms with Crippen LogP contribution in [0.4, 0.5) is 0 Å². The van der Waals surface area contributed by atoms with Gasteiger partial charge in [-0.05, 0) is 31.9 Å². The first kappa shape index (κ1) is 12.3. The summed E-state index contributed by atoms with van der Waals surface area (Å²) in [7, 11) is 0. The van der Waals surface area contributed by atoms with E-state index in [-0.39, 0.29) is 0 Å². The van der Waals surface area contributed by atoms with Gasteiger partial charge >= 0.3 is 0 Å². The molecule has 0 saturated heterocycles. The average molecular weight is 294 g/mol. The minimum Gasteiger partial charge on any atom is -0.311 e. The lowest BCUT2D eigenvalue weighted by molar-refractivity contribution is 0.733. The van der Waals surface area contributed by atoms with E-state index in [0.717, 1.165) is 23.5 Å². The summed E-state index contributed by atoms with van der Waals surface area (Å²) < 4.78 is 2.15. The molecule has 4 heteroatoms. The molecule has 0 aliphatic heterocycles. The second-order valence-corrected chi connectivity index (χ2v) is 4.63. The van der Waals surface area contributed by atoms with E-state index >= 15 is 0 Å². The van der Waals surface area contributed by atoms with Gasteiger partial charge in [-0.1, -0.05) is 34.1 Å². The van der Waals surface area contributed by atoms with E-state index in [1.54, 1.807) is 0 Å². The van der Waals surface area contributed by atoms with Gasteiger partial charge in [0.2, 0.25) is 0 Å². The topological polar surface area (TPSA) is 30.7 Å². The van der Waals surface area contributed by atoms with Crippen molar-refractivity contribution in [2.45, 2.75) is 32.6 Å². The Morgan fingerprint density at radius 2 is 2.00 bits per heavy atom. The molecule has 0 spiro atoms. The summed E-state index contributed by atoms with van der Waals surface area (Å²) in [5, 5.41) is 9.27. The molecule has 0 N–H and O–H groups in total. The molecule has 0 aliphatic rings. The van der Waals surface area contributed by atoms with Crippen LogP contribution in [-0.4, -0.2) is 14.8 Å². The van der Waals surface area contributed by atoms with E-state index in [9.17, 15) is 0 Å². The van der Waals surface area contributed by atoms with Crippen LogP contribution in [0.3, 0.4) is 0 Å². The van der Waals surface area contributed by atoms with Crippen LogP contribution in [0.5, 0.6) is 0 Å². The third-order valence-electron chi connectivity index (χ3n) is 3.11. The van der Waals surface area contributed by atoms with Crippen LogP contribution in [0.1, 0.15) is 23.9 Å². The molecule has 2 rings (SSSR count). The normalized spacial score (nSPS) is 10.8. The van der Waals surface area contributed by atoms with Gasteiger partial charge in [0.1, 0.15) is 5.82 Å². The highest BCUT2D eigenvalue weighted by molar-refractivity contribution is 9.08. The Balaban J connectivity index is 2.60. The molecule has 0 amide bonds. The lowest BCUT2D eigenvalue weighted by atomic mass is 10.0. The Kier molecular flexibility index (Phi) is 3.62. The van der Waals surface area contributed by atoms with Crippen molar-refractivity contribution in [1.82, 2.24) is 14.8 Å². The molecule has 1 aromatic carbocycles. The molecule has 0 atom stereocenters. The van der Waals surface area contributed by atoms with Crippen molar-refractivity contribution in [3.63, 3.8) is 0 Å². The predicted octanol–water partition coefficient (Wildman–Crippen LogP) is 3.48. The van der Waals surface area contributed by atoms with Crippen molar-refractivity contribution < 1.29 is 0 Å². The number of halogens is 1.